The minimum absolute atomic E-state index is 0.00688. The second-order valence-electron chi connectivity index (χ2n) is 6.83. The predicted molar refractivity (Wildman–Crippen MR) is 104 cm³/mol. The molecule has 2 rings (SSSR count). The van der Waals surface area contributed by atoms with Gasteiger partial charge in [0.05, 0.1) is 0 Å². The maximum Gasteiger partial charge on any atom is 0.254 e. The molecule has 156 valence electrons. The Morgan fingerprint density at radius 2 is 1.71 bits per heavy atom. The Balaban J connectivity index is 2.05. The number of halogens is 2. The molecule has 0 saturated carbocycles. The maximum absolute atomic E-state index is 13.6. The zero-order chi connectivity index (χ0) is 20.5. The highest BCUT2D eigenvalue weighted by molar-refractivity contribution is 5.94. The van der Waals surface area contributed by atoms with Crippen molar-refractivity contribution in [2.24, 2.45) is 0 Å². The highest BCUT2D eigenvalue weighted by Gasteiger charge is 2.21. The third-order valence-electron chi connectivity index (χ3n) is 5.10. The van der Waals surface area contributed by atoms with Gasteiger partial charge >= 0.3 is 0 Å². The van der Waals surface area contributed by atoms with Crippen molar-refractivity contribution in [2.75, 3.05) is 58.9 Å². The van der Waals surface area contributed by atoms with Crippen molar-refractivity contribution >= 4 is 11.8 Å². The number of benzene rings is 1. The van der Waals surface area contributed by atoms with E-state index in [1.165, 1.54) is 6.07 Å². The van der Waals surface area contributed by atoms with Crippen molar-refractivity contribution in [1.82, 2.24) is 20.0 Å². The molecule has 1 saturated heterocycles. The second kappa shape index (κ2) is 11.1. The molecule has 6 nitrogen and oxygen atoms in total. The molecule has 0 bridgehead atoms. The van der Waals surface area contributed by atoms with E-state index in [0.717, 1.165) is 38.3 Å². The van der Waals surface area contributed by atoms with Crippen LogP contribution in [-0.4, -0.2) is 85.4 Å². The number of hydrogen-bond donors (Lipinski definition) is 1. The van der Waals surface area contributed by atoms with E-state index < -0.39 is 11.6 Å². The zero-order valence-corrected chi connectivity index (χ0v) is 16.7. The average Bonchev–Trinajstić information content (AvgIpc) is 2.72. The summed E-state index contributed by atoms with van der Waals surface area (Å²) in [5, 5.41) is 3.20. The first-order chi connectivity index (χ1) is 13.5. The largest absolute Gasteiger partial charge is 0.340 e. The van der Waals surface area contributed by atoms with Crippen LogP contribution in [0.3, 0.4) is 0 Å². The van der Waals surface area contributed by atoms with Crippen LogP contribution >= 0.6 is 0 Å². The van der Waals surface area contributed by atoms with Gasteiger partial charge in [0.2, 0.25) is 5.91 Å². The van der Waals surface area contributed by atoms with Crippen LogP contribution in [0.5, 0.6) is 0 Å². The molecule has 28 heavy (non-hydrogen) atoms. The normalized spacial score (nSPS) is 14.4. The third-order valence-corrected chi connectivity index (χ3v) is 5.10. The average molecular weight is 396 g/mol. The highest BCUT2D eigenvalue weighted by atomic mass is 19.2. The number of amides is 2. The molecule has 0 unspecified atom stereocenters. The fourth-order valence-electron chi connectivity index (χ4n) is 3.23. The van der Waals surface area contributed by atoms with Gasteiger partial charge in [-0.05, 0) is 31.3 Å². The van der Waals surface area contributed by atoms with Crippen LogP contribution in [0.4, 0.5) is 8.78 Å². The summed E-state index contributed by atoms with van der Waals surface area (Å²) in [4.78, 5) is 30.8. The number of rotatable bonds is 9. The van der Waals surface area contributed by atoms with Gasteiger partial charge in [-0.15, -0.1) is 0 Å². The summed E-state index contributed by atoms with van der Waals surface area (Å²) in [7, 11) is 0. The molecule has 1 heterocycles. The molecule has 1 aliphatic rings. The molecule has 1 aromatic rings. The number of piperazine rings is 1. The molecule has 2 amide bonds. The van der Waals surface area contributed by atoms with Gasteiger partial charge in [0.1, 0.15) is 0 Å². The summed E-state index contributed by atoms with van der Waals surface area (Å²) < 4.78 is 26.8. The van der Waals surface area contributed by atoms with Crippen molar-refractivity contribution in [3.63, 3.8) is 0 Å². The molecule has 0 aromatic heterocycles. The van der Waals surface area contributed by atoms with Crippen molar-refractivity contribution < 1.29 is 18.4 Å². The van der Waals surface area contributed by atoms with Crippen molar-refractivity contribution in [1.29, 1.82) is 0 Å². The molecule has 8 heteroatoms. The van der Waals surface area contributed by atoms with E-state index in [9.17, 15) is 18.4 Å². The number of carbonyl (C=O) groups excluding carboxylic acids is 2. The van der Waals surface area contributed by atoms with Crippen molar-refractivity contribution in [2.45, 2.75) is 20.3 Å². The maximum atomic E-state index is 13.6. The Labute approximate surface area is 165 Å². The fraction of sp³-hybridized carbons (Fsp3) is 0.600. The van der Waals surface area contributed by atoms with E-state index >= 15 is 0 Å². The lowest BCUT2D eigenvalue weighted by molar-refractivity contribution is -0.131. The van der Waals surface area contributed by atoms with Gasteiger partial charge in [0.15, 0.2) is 11.6 Å². The van der Waals surface area contributed by atoms with Gasteiger partial charge < -0.3 is 20.0 Å². The minimum Gasteiger partial charge on any atom is -0.340 e. The fourth-order valence-corrected chi connectivity index (χ4v) is 3.23. The topological polar surface area (TPSA) is 55.9 Å². The number of nitrogens with one attached hydrogen (secondary N) is 1. The number of carbonyl (C=O) groups is 2. The predicted octanol–water partition coefficient (Wildman–Crippen LogP) is 1.57. The molecular weight excluding hydrogens is 366 g/mol. The van der Waals surface area contributed by atoms with E-state index in [4.69, 9.17) is 0 Å². The number of nitrogens with zero attached hydrogens (tertiary/aromatic N) is 3. The van der Waals surface area contributed by atoms with Crippen LogP contribution in [-0.2, 0) is 4.79 Å². The zero-order valence-electron chi connectivity index (χ0n) is 16.7. The van der Waals surface area contributed by atoms with Crippen LogP contribution in [0.1, 0.15) is 30.6 Å². The van der Waals surface area contributed by atoms with Crippen LogP contribution in [0.15, 0.2) is 18.2 Å². The summed E-state index contributed by atoms with van der Waals surface area (Å²) in [5.74, 6) is -2.42. The number of hydrogen-bond acceptors (Lipinski definition) is 4. The lowest BCUT2D eigenvalue weighted by Crippen LogP contribution is -2.47. The molecule has 1 N–H and O–H groups in total. The van der Waals surface area contributed by atoms with Crippen LogP contribution in [0, 0.1) is 11.6 Å². The molecular formula is C20H30F2N4O2. The van der Waals surface area contributed by atoms with Gasteiger partial charge in [-0.2, -0.15) is 0 Å². The van der Waals surface area contributed by atoms with Crippen molar-refractivity contribution in [3.05, 3.63) is 35.4 Å². The summed E-state index contributed by atoms with van der Waals surface area (Å²) in [6.07, 6.45) is 0.216. The first-order valence-corrected chi connectivity index (χ1v) is 9.91. The molecule has 1 aromatic carbocycles. The standard InChI is InChI=1S/C20H30F2N4O2/c1-3-24(4-2)13-14-26(10-7-19(27)25-11-8-23-9-12-25)20(28)16-5-6-17(21)18(22)15-16/h5-6,15,23H,3-4,7-14H2,1-2H3. The minimum atomic E-state index is -1.05. The smallest absolute Gasteiger partial charge is 0.254 e. The molecule has 0 radical (unpaired) electrons. The molecule has 0 atom stereocenters. The SMILES string of the molecule is CCN(CC)CCN(CCC(=O)N1CCNCC1)C(=O)c1ccc(F)c(F)c1. The second-order valence-corrected chi connectivity index (χ2v) is 6.83. The van der Waals surface area contributed by atoms with Gasteiger partial charge in [-0.25, -0.2) is 8.78 Å². The van der Waals surface area contributed by atoms with Gasteiger partial charge in [-0.1, -0.05) is 13.8 Å². The Bertz CT molecular complexity index is 662. The molecule has 1 aliphatic heterocycles. The Morgan fingerprint density at radius 1 is 1.04 bits per heavy atom. The molecule has 0 spiro atoms. The van der Waals surface area contributed by atoms with E-state index in [2.05, 4.69) is 10.2 Å². The highest BCUT2D eigenvalue weighted by Crippen LogP contribution is 2.12. The lowest BCUT2D eigenvalue weighted by atomic mass is 10.1. The first-order valence-electron chi connectivity index (χ1n) is 9.91. The van der Waals surface area contributed by atoms with Crippen molar-refractivity contribution in [3.8, 4) is 0 Å². The van der Waals surface area contributed by atoms with Gasteiger partial charge in [0, 0.05) is 57.8 Å². The van der Waals surface area contributed by atoms with Crippen LogP contribution in [0.25, 0.3) is 0 Å². The Morgan fingerprint density at radius 3 is 2.32 bits per heavy atom. The van der Waals surface area contributed by atoms with Gasteiger partial charge in [-0.3, -0.25) is 9.59 Å². The van der Waals surface area contributed by atoms with E-state index in [1.54, 1.807) is 9.80 Å². The van der Waals surface area contributed by atoms with E-state index in [-0.39, 0.29) is 30.3 Å². The van der Waals surface area contributed by atoms with E-state index in [1.807, 2.05) is 13.8 Å². The summed E-state index contributed by atoms with van der Waals surface area (Å²) in [6, 6.07) is 3.15. The van der Waals surface area contributed by atoms with Crippen LogP contribution < -0.4 is 5.32 Å². The monoisotopic (exact) mass is 396 g/mol. The van der Waals surface area contributed by atoms with Crippen LogP contribution in [0.2, 0.25) is 0 Å². The molecule has 1 fully saturated rings. The van der Waals surface area contributed by atoms with Gasteiger partial charge in [0.25, 0.3) is 5.91 Å². The summed E-state index contributed by atoms with van der Waals surface area (Å²) in [6.45, 7) is 9.98. The Kier molecular flexibility index (Phi) is 8.79. The quantitative estimate of drug-likeness (QED) is 0.689. The third kappa shape index (κ3) is 6.24. The van der Waals surface area contributed by atoms with E-state index in [0.29, 0.717) is 26.2 Å². The summed E-state index contributed by atoms with van der Waals surface area (Å²) in [5.41, 5.74) is 0.0908. The lowest BCUT2D eigenvalue weighted by Gasteiger charge is -2.30. The molecule has 0 aliphatic carbocycles. The first kappa shape index (κ1) is 22.2. The Hall–Kier alpha value is -2.06. The number of likely N-dealkylation sites (N-methyl/N-ethyl adjacent to an activating group) is 1. The summed E-state index contributed by atoms with van der Waals surface area (Å²) >= 11 is 0.